The van der Waals surface area contributed by atoms with Crippen molar-refractivity contribution < 1.29 is 35.9 Å². The van der Waals surface area contributed by atoms with Gasteiger partial charge in [-0.15, -0.1) is 0 Å². The number of urea groups is 1. The average molecular weight is 505 g/mol. The third-order valence-electron chi connectivity index (χ3n) is 6.50. The molecule has 0 bridgehead atoms. The maximum absolute atomic E-state index is 13.6. The number of nitrogens with zero attached hydrogens (tertiary/aromatic N) is 3. The number of anilines is 2. The second-order valence-corrected chi connectivity index (χ2v) is 10.4. The number of aromatic nitrogens is 1. The molecular formula is C23H18F3N3O5S. The van der Waals surface area contributed by atoms with Crippen LogP contribution in [0, 0.1) is 5.92 Å². The maximum Gasteiger partial charge on any atom is 0.501 e. The normalized spacial score (nSPS) is 22.4. The van der Waals surface area contributed by atoms with Gasteiger partial charge in [0.1, 0.15) is 11.3 Å². The van der Waals surface area contributed by atoms with Crippen LogP contribution in [0.5, 0.6) is 5.75 Å². The lowest BCUT2D eigenvalue weighted by Crippen LogP contribution is -2.39. The van der Waals surface area contributed by atoms with Gasteiger partial charge in [0.2, 0.25) is 0 Å². The van der Waals surface area contributed by atoms with Crippen molar-refractivity contribution in [2.75, 3.05) is 16.9 Å². The molecule has 2 heterocycles. The van der Waals surface area contributed by atoms with Crippen molar-refractivity contribution in [3.05, 3.63) is 54.7 Å². The van der Waals surface area contributed by atoms with Gasteiger partial charge < -0.3 is 4.74 Å². The Morgan fingerprint density at radius 1 is 1.09 bits per heavy atom. The summed E-state index contributed by atoms with van der Waals surface area (Å²) in [6.07, 6.45) is 1.91. The van der Waals surface area contributed by atoms with E-state index < -0.39 is 37.7 Å². The molecule has 8 nitrogen and oxygen atoms in total. The molecule has 1 aliphatic carbocycles. The highest BCUT2D eigenvalue weighted by Crippen LogP contribution is 2.56. The Balaban J connectivity index is 1.60. The summed E-state index contributed by atoms with van der Waals surface area (Å²) in [6, 6.07) is 9.57. The monoisotopic (exact) mass is 505 g/mol. The van der Waals surface area contributed by atoms with Crippen LogP contribution in [-0.2, 0) is 14.6 Å². The van der Waals surface area contributed by atoms with E-state index in [0.717, 1.165) is 29.2 Å². The number of benzene rings is 2. The first-order valence-corrected chi connectivity index (χ1v) is 11.9. The number of carbonyl (C=O) groups excluding carboxylic acids is 2. The van der Waals surface area contributed by atoms with Crippen LogP contribution in [0.4, 0.5) is 29.3 Å². The molecule has 0 N–H and O–H groups in total. The second-order valence-electron chi connectivity index (χ2n) is 8.44. The number of imide groups is 1. The van der Waals surface area contributed by atoms with E-state index in [1.165, 1.54) is 18.2 Å². The predicted molar refractivity (Wildman–Crippen MR) is 120 cm³/mol. The summed E-state index contributed by atoms with van der Waals surface area (Å²) in [5.74, 6) is -0.183. The molecule has 2 fully saturated rings. The Labute approximate surface area is 197 Å². The number of hydrogen-bond donors (Lipinski definition) is 0. The molecule has 0 radical (unpaired) electrons. The quantitative estimate of drug-likeness (QED) is 0.491. The van der Waals surface area contributed by atoms with Crippen LogP contribution in [0.1, 0.15) is 13.3 Å². The molecule has 2 atom stereocenters. The fraction of sp³-hybridized carbons (Fsp3) is 0.261. The molecule has 3 amide bonds. The highest BCUT2D eigenvalue weighted by atomic mass is 32.2. The maximum atomic E-state index is 13.6. The van der Waals surface area contributed by atoms with E-state index in [9.17, 15) is 31.2 Å². The number of methoxy groups -OCH3 is 1. The fourth-order valence-corrected chi connectivity index (χ4v) is 5.31. The van der Waals surface area contributed by atoms with Gasteiger partial charge in [-0.25, -0.2) is 18.1 Å². The van der Waals surface area contributed by atoms with Crippen molar-refractivity contribution in [2.24, 2.45) is 5.92 Å². The molecule has 2 aromatic carbocycles. The minimum absolute atomic E-state index is 0.0296. The summed E-state index contributed by atoms with van der Waals surface area (Å²) in [5.41, 5.74) is -5.65. The number of alkyl halides is 3. The molecular weight excluding hydrogens is 487 g/mol. The van der Waals surface area contributed by atoms with E-state index in [2.05, 4.69) is 4.98 Å². The smallest absolute Gasteiger partial charge is 0.497 e. The van der Waals surface area contributed by atoms with Crippen molar-refractivity contribution in [3.8, 4) is 5.75 Å². The highest BCUT2D eigenvalue weighted by Gasteiger charge is 2.70. The average Bonchev–Trinajstić information content (AvgIpc) is 3.44. The van der Waals surface area contributed by atoms with Gasteiger partial charge in [-0.3, -0.25) is 14.7 Å². The minimum atomic E-state index is -5.57. The number of rotatable bonds is 4. The van der Waals surface area contributed by atoms with Crippen molar-refractivity contribution in [3.63, 3.8) is 0 Å². The molecule has 1 spiro atoms. The number of pyridine rings is 1. The zero-order valence-electron chi connectivity index (χ0n) is 18.4. The number of amides is 3. The number of carbonyl (C=O) groups is 2. The van der Waals surface area contributed by atoms with Gasteiger partial charge in [-0.2, -0.15) is 13.2 Å². The lowest BCUT2D eigenvalue weighted by molar-refractivity contribution is -0.119. The summed E-state index contributed by atoms with van der Waals surface area (Å²) >= 11 is 0. The number of halogens is 3. The number of hydrogen-bond acceptors (Lipinski definition) is 6. The standard InChI is InChI=1S/C23H18F3N3O5S/c1-13-12-22(13)20(30)28(14-3-6-16(7-4-14)35(32,33)23(24,25)26)21(31)29(22)19-9-10-27-18-8-5-15(34-2)11-17(18)19/h3-11,13H,12H2,1-2H3. The fourth-order valence-electron chi connectivity index (χ4n) is 4.55. The number of fused-ring (bicyclic) bond motifs is 1. The van der Waals surface area contributed by atoms with Gasteiger partial charge in [0.05, 0.1) is 28.9 Å². The first-order valence-electron chi connectivity index (χ1n) is 10.5. The molecule has 5 rings (SSSR count). The van der Waals surface area contributed by atoms with Gasteiger partial charge in [-0.05, 0) is 60.9 Å². The van der Waals surface area contributed by atoms with Crippen molar-refractivity contribution >= 4 is 44.1 Å². The highest BCUT2D eigenvalue weighted by molar-refractivity contribution is 7.92. The molecule has 1 aromatic heterocycles. The number of ether oxygens (including phenoxy) is 1. The van der Waals surface area contributed by atoms with Gasteiger partial charge in [-0.1, -0.05) is 6.92 Å². The van der Waals surface area contributed by atoms with E-state index in [4.69, 9.17) is 4.74 Å². The Morgan fingerprint density at radius 2 is 1.74 bits per heavy atom. The summed E-state index contributed by atoms with van der Waals surface area (Å²) in [7, 11) is -4.07. The number of sulfone groups is 1. The van der Waals surface area contributed by atoms with Crippen LogP contribution in [0.2, 0.25) is 0 Å². The third-order valence-corrected chi connectivity index (χ3v) is 8.01. The van der Waals surface area contributed by atoms with Crippen LogP contribution < -0.4 is 14.5 Å². The van der Waals surface area contributed by atoms with Crippen molar-refractivity contribution in [2.45, 2.75) is 29.3 Å². The van der Waals surface area contributed by atoms with E-state index in [-0.39, 0.29) is 11.6 Å². The third kappa shape index (κ3) is 3.19. The van der Waals surface area contributed by atoms with E-state index >= 15 is 0 Å². The predicted octanol–water partition coefficient (Wildman–Crippen LogP) is 4.29. The lowest BCUT2D eigenvalue weighted by Gasteiger charge is -2.24. The molecule has 1 saturated carbocycles. The van der Waals surface area contributed by atoms with Crippen molar-refractivity contribution in [1.82, 2.24) is 4.98 Å². The van der Waals surface area contributed by atoms with E-state index in [1.54, 1.807) is 24.3 Å². The lowest BCUT2D eigenvalue weighted by atomic mass is 10.1. The summed E-state index contributed by atoms with van der Waals surface area (Å²) in [4.78, 5) is 32.8. The Hall–Kier alpha value is -3.67. The van der Waals surface area contributed by atoms with Crippen LogP contribution in [0.25, 0.3) is 10.9 Å². The molecule has 3 aromatic rings. The van der Waals surface area contributed by atoms with Gasteiger partial charge >= 0.3 is 11.5 Å². The van der Waals surface area contributed by atoms with Gasteiger partial charge in [0, 0.05) is 11.6 Å². The van der Waals surface area contributed by atoms with Crippen molar-refractivity contribution in [1.29, 1.82) is 0 Å². The summed E-state index contributed by atoms with van der Waals surface area (Å²) in [5, 5.41) is 0.583. The van der Waals surface area contributed by atoms with Crippen LogP contribution in [-0.4, -0.2) is 43.5 Å². The largest absolute Gasteiger partial charge is 0.501 e. The first-order chi connectivity index (χ1) is 16.4. The Bertz CT molecular complexity index is 1490. The Kier molecular flexibility index (Phi) is 4.89. The molecule has 2 aliphatic rings. The van der Waals surface area contributed by atoms with E-state index in [0.29, 0.717) is 28.8 Å². The molecule has 12 heteroatoms. The molecule has 35 heavy (non-hydrogen) atoms. The molecule has 1 saturated heterocycles. The van der Waals surface area contributed by atoms with Crippen LogP contribution in [0.3, 0.4) is 0 Å². The Morgan fingerprint density at radius 3 is 2.31 bits per heavy atom. The van der Waals surface area contributed by atoms with Gasteiger partial charge in [0.25, 0.3) is 15.7 Å². The van der Waals surface area contributed by atoms with Crippen LogP contribution >= 0.6 is 0 Å². The molecule has 182 valence electrons. The zero-order valence-corrected chi connectivity index (χ0v) is 19.2. The summed E-state index contributed by atoms with van der Waals surface area (Å²) < 4.78 is 67.3. The minimum Gasteiger partial charge on any atom is -0.497 e. The molecule has 2 unspecified atom stereocenters. The van der Waals surface area contributed by atoms with Gasteiger partial charge in [0.15, 0.2) is 0 Å². The summed E-state index contributed by atoms with van der Waals surface area (Å²) in [6.45, 7) is 1.82. The zero-order chi connectivity index (χ0) is 25.3. The second kappa shape index (κ2) is 7.41. The SMILES string of the molecule is COc1ccc2nccc(N3C(=O)N(c4ccc(S(=O)(=O)C(F)(F)F)cc4)C(=O)C34CC4C)c2c1. The molecule has 1 aliphatic heterocycles. The first kappa shape index (κ1) is 23.1. The topological polar surface area (TPSA) is 96.9 Å². The van der Waals surface area contributed by atoms with E-state index in [1.807, 2.05) is 6.92 Å². The van der Waals surface area contributed by atoms with Crippen LogP contribution in [0.15, 0.2) is 59.6 Å².